The first-order valence-electron chi connectivity index (χ1n) is 10.2. The van der Waals surface area contributed by atoms with Gasteiger partial charge in [-0.1, -0.05) is 30.3 Å². The molecule has 29 heavy (non-hydrogen) atoms. The number of guanidine groups is 1. The number of nitrogens with one attached hydrogen (secondary N) is 1. The molecule has 166 valence electrons. The Morgan fingerprint density at radius 2 is 1.93 bits per heavy atom. The molecule has 1 N–H and O–H groups in total. The Hall–Kier alpha value is -0.870. The number of unbranched alkanes of at least 4 members (excludes halogenated alkanes) is 1. The molecule has 8 heteroatoms. The van der Waals surface area contributed by atoms with Crippen molar-refractivity contribution in [3.8, 4) is 0 Å². The molecular formula is C21H36IN3O3S. The second-order valence-corrected chi connectivity index (χ2v) is 10.5. The maximum Gasteiger partial charge on any atom is 0.193 e. The fraction of sp³-hybridized carbons (Fsp3) is 0.667. The van der Waals surface area contributed by atoms with Crippen molar-refractivity contribution in [1.29, 1.82) is 0 Å². The first-order chi connectivity index (χ1) is 13.4. The maximum atomic E-state index is 12.2. The predicted molar refractivity (Wildman–Crippen MR) is 131 cm³/mol. The van der Waals surface area contributed by atoms with E-state index in [1.54, 1.807) is 13.8 Å². The molecule has 0 atom stereocenters. The van der Waals surface area contributed by atoms with E-state index in [0.717, 1.165) is 45.0 Å². The van der Waals surface area contributed by atoms with Crippen molar-refractivity contribution >= 4 is 39.8 Å². The Morgan fingerprint density at radius 3 is 2.59 bits per heavy atom. The van der Waals surface area contributed by atoms with Crippen LogP contribution in [0.1, 0.15) is 39.2 Å². The normalized spacial score (nSPS) is 18.2. The molecule has 1 aromatic carbocycles. The second-order valence-electron chi connectivity index (χ2n) is 7.79. The van der Waals surface area contributed by atoms with Gasteiger partial charge in [0.15, 0.2) is 15.8 Å². The second kappa shape index (κ2) is 12.7. The Labute approximate surface area is 193 Å². The van der Waals surface area contributed by atoms with Gasteiger partial charge in [-0.15, -0.1) is 24.0 Å². The zero-order chi connectivity index (χ0) is 20.5. The fourth-order valence-electron chi connectivity index (χ4n) is 3.19. The van der Waals surface area contributed by atoms with Crippen LogP contribution in [0.15, 0.2) is 35.3 Å². The Balaban J connectivity index is 0.00000420. The van der Waals surface area contributed by atoms with Gasteiger partial charge in [0.05, 0.1) is 17.1 Å². The molecule has 0 amide bonds. The summed E-state index contributed by atoms with van der Waals surface area (Å²) >= 11 is 0. The van der Waals surface area contributed by atoms with Crippen LogP contribution < -0.4 is 5.32 Å². The van der Waals surface area contributed by atoms with E-state index in [1.807, 2.05) is 25.1 Å². The van der Waals surface area contributed by atoms with Crippen molar-refractivity contribution in [3.05, 3.63) is 35.9 Å². The van der Waals surface area contributed by atoms with Crippen LogP contribution in [-0.4, -0.2) is 69.2 Å². The van der Waals surface area contributed by atoms with Crippen molar-refractivity contribution in [2.45, 2.75) is 44.8 Å². The molecule has 1 aliphatic heterocycles. The summed E-state index contributed by atoms with van der Waals surface area (Å²) in [6.07, 6.45) is 2.87. The van der Waals surface area contributed by atoms with Crippen molar-refractivity contribution < 1.29 is 13.2 Å². The quantitative estimate of drug-likeness (QED) is 0.227. The molecule has 0 aliphatic carbocycles. The largest absolute Gasteiger partial charge is 0.381 e. The van der Waals surface area contributed by atoms with Crippen molar-refractivity contribution in [2.24, 2.45) is 4.99 Å². The molecule has 2 rings (SSSR count). The van der Waals surface area contributed by atoms with E-state index in [1.165, 1.54) is 5.56 Å². The van der Waals surface area contributed by atoms with E-state index in [-0.39, 0.29) is 29.7 Å². The van der Waals surface area contributed by atoms with Gasteiger partial charge in [0.25, 0.3) is 0 Å². The highest BCUT2D eigenvalue weighted by Crippen LogP contribution is 2.23. The van der Waals surface area contributed by atoms with Gasteiger partial charge in [-0.25, -0.2) is 8.42 Å². The lowest BCUT2D eigenvalue weighted by Crippen LogP contribution is -2.57. The summed E-state index contributed by atoms with van der Waals surface area (Å²) in [5.74, 6) is 0.995. The third kappa shape index (κ3) is 8.41. The minimum Gasteiger partial charge on any atom is -0.381 e. The lowest BCUT2D eigenvalue weighted by Gasteiger charge is -2.39. The summed E-state index contributed by atoms with van der Waals surface area (Å²) < 4.78 is 29.4. The minimum atomic E-state index is -3.04. The van der Waals surface area contributed by atoms with E-state index in [9.17, 15) is 8.42 Å². The number of hydrogen-bond acceptors (Lipinski definition) is 4. The van der Waals surface area contributed by atoms with Crippen LogP contribution in [0.2, 0.25) is 0 Å². The predicted octanol–water partition coefficient (Wildman–Crippen LogP) is 3.12. The standard InChI is InChI=1S/C21H35N3O3S.HI/c1-4-22-20(24-14-17-28(25,26)21(2,3)18-24)23-13-8-9-15-27-16-12-19-10-6-5-7-11-19;/h5-7,10-11H,4,8-9,12-18H2,1-3H3,(H,22,23);1H. The first kappa shape index (κ1) is 26.2. The molecule has 0 spiro atoms. The van der Waals surface area contributed by atoms with Gasteiger partial charge in [0.1, 0.15) is 0 Å². The highest BCUT2D eigenvalue weighted by atomic mass is 127. The molecule has 0 radical (unpaired) electrons. The molecule has 1 fully saturated rings. The van der Waals surface area contributed by atoms with Gasteiger partial charge in [-0.05, 0) is 45.6 Å². The smallest absolute Gasteiger partial charge is 0.193 e. The number of benzene rings is 1. The van der Waals surface area contributed by atoms with E-state index in [0.29, 0.717) is 19.6 Å². The van der Waals surface area contributed by atoms with Crippen LogP contribution in [0.25, 0.3) is 0 Å². The molecular weight excluding hydrogens is 501 g/mol. The Kier molecular flexibility index (Phi) is 11.5. The van der Waals surface area contributed by atoms with Gasteiger partial charge >= 0.3 is 0 Å². The summed E-state index contributed by atoms with van der Waals surface area (Å²) in [7, 11) is -3.04. The minimum absolute atomic E-state index is 0. The number of hydrogen-bond donors (Lipinski definition) is 1. The van der Waals surface area contributed by atoms with Crippen LogP contribution in [0.5, 0.6) is 0 Å². The Morgan fingerprint density at radius 1 is 1.21 bits per heavy atom. The topological polar surface area (TPSA) is 71.0 Å². The molecule has 6 nitrogen and oxygen atoms in total. The molecule has 0 bridgehead atoms. The van der Waals surface area contributed by atoms with Gasteiger partial charge in [-0.2, -0.15) is 0 Å². The summed E-state index contributed by atoms with van der Waals surface area (Å²) in [6.45, 7) is 9.57. The van der Waals surface area contributed by atoms with Crippen LogP contribution >= 0.6 is 24.0 Å². The maximum absolute atomic E-state index is 12.2. The van der Waals surface area contributed by atoms with Gasteiger partial charge in [-0.3, -0.25) is 4.99 Å². The molecule has 0 aromatic heterocycles. The van der Waals surface area contributed by atoms with E-state index in [4.69, 9.17) is 9.73 Å². The SMILES string of the molecule is CCNC(=NCCCCOCCc1ccccc1)N1CCS(=O)(=O)C(C)(C)C1.I. The molecule has 0 saturated carbocycles. The van der Waals surface area contributed by atoms with Crippen LogP contribution in [0.3, 0.4) is 0 Å². The van der Waals surface area contributed by atoms with E-state index >= 15 is 0 Å². The van der Waals surface area contributed by atoms with Gasteiger partial charge < -0.3 is 15.0 Å². The molecule has 1 aromatic rings. The van der Waals surface area contributed by atoms with Crippen molar-refractivity contribution in [3.63, 3.8) is 0 Å². The Bertz CT molecular complexity index is 724. The van der Waals surface area contributed by atoms with E-state index in [2.05, 4.69) is 22.3 Å². The number of halogens is 1. The summed E-state index contributed by atoms with van der Waals surface area (Å²) in [4.78, 5) is 6.77. The highest BCUT2D eigenvalue weighted by molar-refractivity contribution is 14.0. The monoisotopic (exact) mass is 537 g/mol. The summed E-state index contributed by atoms with van der Waals surface area (Å²) in [6, 6.07) is 10.4. The molecule has 1 heterocycles. The lowest BCUT2D eigenvalue weighted by atomic mass is 10.2. The molecule has 1 saturated heterocycles. The zero-order valence-corrected chi connectivity index (χ0v) is 21.0. The van der Waals surface area contributed by atoms with Crippen LogP contribution in [0, 0.1) is 0 Å². The van der Waals surface area contributed by atoms with E-state index < -0.39 is 14.6 Å². The fourth-order valence-corrected chi connectivity index (χ4v) is 4.55. The zero-order valence-electron chi connectivity index (χ0n) is 17.9. The molecule has 1 aliphatic rings. The number of aliphatic imine (C=N–C) groups is 1. The summed E-state index contributed by atoms with van der Waals surface area (Å²) in [5, 5.41) is 3.30. The first-order valence-corrected chi connectivity index (χ1v) is 11.9. The van der Waals surface area contributed by atoms with Gasteiger partial charge in [0.2, 0.25) is 0 Å². The van der Waals surface area contributed by atoms with Crippen LogP contribution in [-0.2, 0) is 21.0 Å². The average molecular weight is 538 g/mol. The van der Waals surface area contributed by atoms with Crippen molar-refractivity contribution in [2.75, 3.05) is 45.1 Å². The highest BCUT2D eigenvalue weighted by Gasteiger charge is 2.40. The van der Waals surface area contributed by atoms with Gasteiger partial charge in [0, 0.05) is 32.8 Å². The third-order valence-corrected chi connectivity index (χ3v) is 7.55. The lowest BCUT2D eigenvalue weighted by molar-refractivity contribution is 0.134. The number of rotatable bonds is 9. The number of nitrogens with zero attached hydrogens (tertiary/aromatic N) is 2. The average Bonchev–Trinajstić information content (AvgIpc) is 2.66. The number of ether oxygens (including phenoxy) is 1. The van der Waals surface area contributed by atoms with Crippen molar-refractivity contribution in [1.82, 2.24) is 10.2 Å². The number of sulfone groups is 1. The van der Waals surface area contributed by atoms with Crippen LogP contribution in [0.4, 0.5) is 0 Å². The summed E-state index contributed by atoms with van der Waals surface area (Å²) in [5.41, 5.74) is 1.30. The third-order valence-electron chi connectivity index (χ3n) is 5.01. The molecule has 0 unspecified atom stereocenters.